The molecule has 1 aromatic carbocycles. The Bertz CT molecular complexity index is 512. The van der Waals surface area contributed by atoms with Crippen LogP contribution in [0.3, 0.4) is 0 Å². The molecular formula is C15H25NO3S. The SMILES string of the molecule is CCC(CNCC(C)C)Oc1cccc(S(C)(=O)=O)c1. The van der Waals surface area contributed by atoms with E-state index in [0.717, 1.165) is 19.5 Å². The molecule has 0 fully saturated rings. The predicted octanol–water partition coefficient (Wildman–Crippen LogP) is 2.49. The lowest BCUT2D eigenvalue weighted by atomic mass is 10.2. The van der Waals surface area contributed by atoms with Gasteiger partial charge < -0.3 is 10.1 Å². The summed E-state index contributed by atoms with van der Waals surface area (Å²) in [6, 6.07) is 6.67. The van der Waals surface area contributed by atoms with Crippen molar-refractivity contribution in [2.45, 2.75) is 38.2 Å². The Labute approximate surface area is 122 Å². The Balaban J connectivity index is 2.66. The fourth-order valence-electron chi connectivity index (χ4n) is 1.77. The van der Waals surface area contributed by atoms with Crippen molar-refractivity contribution in [1.82, 2.24) is 5.32 Å². The molecule has 20 heavy (non-hydrogen) atoms. The van der Waals surface area contributed by atoms with E-state index in [2.05, 4.69) is 26.1 Å². The van der Waals surface area contributed by atoms with Crippen LogP contribution in [0, 0.1) is 5.92 Å². The molecule has 0 bridgehead atoms. The number of sulfone groups is 1. The molecule has 1 unspecified atom stereocenters. The second-order valence-corrected chi connectivity index (χ2v) is 7.46. The van der Waals surface area contributed by atoms with Crippen molar-refractivity contribution in [1.29, 1.82) is 0 Å². The van der Waals surface area contributed by atoms with Crippen LogP contribution in [0.5, 0.6) is 5.75 Å². The molecule has 0 heterocycles. The first-order valence-electron chi connectivity index (χ1n) is 7.00. The van der Waals surface area contributed by atoms with Crippen molar-refractivity contribution in [3.05, 3.63) is 24.3 Å². The van der Waals surface area contributed by atoms with Crippen LogP contribution in [0.15, 0.2) is 29.2 Å². The molecule has 0 radical (unpaired) electrons. The number of hydrogen-bond acceptors (Lipinski definition) is 4. The van der Waals surface area contributed by atoms with Crippen LogP contribution in [0.25, 0.3) is 0 Å². The van der Waals surface area contributed by atoms with Crippen LogP contribution < -0.4 is 10.1 Å². The van der Waals surface area contributed by atoms with Crippen LogP contribution in [-0.2, 0) is 9.84 Å². The van der Waals surface area contributed by atoms with Crippen molar-refractivity contribution >= 4 is 9.84 Å². The Morgan fingerprint density at radius 2 is 1.95 bits per heavy atom. The Morgan fingerprint density at radius 1 is 1.25 bits per heavy atom. The standard InChI is InChI=1S/C15H25NO3S/c1-5-13(11-16-10-12(2)3)19-14-7-6-8-15(9-14)20(4,17)18/h6-9,12-13,16H,5,10-11H2,1-4H3. The van der Waals surface area contributed by atoms with Crippen LogP contribution in [0.2, 0.25) is 0 Å². The van der Waals surface area contributed by atoms with Gasteiger partial charge in [0.25, 0.3) is 0 Å². The molecule has 0 saturated carbocycles. The van der Waals surface area contributed by atoms with E-state index in [4.69, 9.17) is 4.74 Å². The molecular weight excluding hydrogens is 274 g/mol. The van der Waals surface area contributed by atoms with Crippen LogP contribution in [-0.4, -0.2) is 33.9 Å². The molecule has 1 aromatic rings. The summed E-state index contributed by atoms with van der Waals surface area (Å²) < 4.78 is 28.9. The summed E-state index contributed by atoms with van der Waals surface area (Å²) in [4.78, 5) is 0.292. The van der Waals surface area contributed by atoms with Gasteiger partial charge in [-0.2, -0.15) is 0 Å². The maximum atomic E-state index is 11.5. The normalized spacial score (nSPS) is 13.4. The second kappa shape index (κ2) is 7.64. The fraction of sp³-hybridized carbons (Fsp3) is 0.600. The topological polar surface area (TPSA) is 55.4 Å². The highest BCUT2D eigenvalue weighted by Crippen LogP contribution is 2.19. The molecule has 0 aliphatic heterocycles. The first kappa shape index (κ1) is 17.0. The minimum Gasteiger partial charge on any atom is -0.489 e. The minimum absolute atomic E-state index is 0.0450. The van der Waals surface area contributed by atoms with Gasteiger partial charge in [0.05, 0.1) is 4.90 Å². The number of hydrogen-bond donors (Lipinski definition) is 1. The van der Waals surface area contributed by atoms with E-state index in [1.807, 2.05) is 0 Å². The van der Waals surface area contributed by atoms with Gasteiger partial charge in [-0.1, -0.05) is 26.8 Å². The molecule has 0 amide bonds. The maximum absolute atomic E-state index is 11.5. The van der Waals surface area contributed by atoms with E-state index >= 15 is 0 Å². The first-order valence-corrected chi connectivity index (χ1v) is 8.89. The van der Waals surface area contributed by atoms with Crippen molar-refractivity contribution in [3.63, 3.8) is 0 Å². The van der Waals surface area contributed by atoms with E-state index in [-0.39, 0.29) is 6.10 Å². The fourth-order valence-corrected chi connectivity index (χ4v) is 2.43. The van der Waals surface area contributed by atoms with E-state index in [1.165, 1.54) is 6.26 Å². The van der Waals surface area contributed by atoms with Gasteiger partial charge in [0, 0.05) is 12.8 Å². The highest BCUT2D eigenvalue weighted by atomic mass is 32.2. The summed E-state index contributed by atoms with van der Waals surface area (Å²) in [5.41, 5.74) is 0. The quantitative estimate of drug-likeness (QED) is 0.801. The predicted molar refractivity (Wildman–Crippen MR) is 82.0 cm³/mol. The van der Waals surface area contributed by atoms with Gasteiger partial charge >= 0.3 is 0 Å². The lowest BCUT2D eigenvalue weighted by molar-refractivity contribution is 0.191. The van der Waals surface area contributed by atoms with E-state index in [1.54, 1.807) is 24.3 Å². The summed E-state index contributed by atoms with van der Waals surface area (Å²) in [5.74, 6) is 1.20. The molecule has 1 N–H and O–H groups in total. The van der Waals surface area contributed by atoms with Crippen LogP contribution >= 0.6 is 0 Å². The summed E-state index contributed by atoms with van der Waals surface area (Å²) in [6.45, 7) is 8.08. The van der Waals surface area contributed by atoms with Gasteiger partial charge in [-0.3, -0.25) is 0 Å². The molecule has 4 nitrogen and oxygen atoms in total. The van der Waals surface area contributed by atoms with Gasteiger partial charge in [-0.05, 0) is 37.1 Å². The summed E-state index contributed by atoms with van der Waals surface area (Å²) in [7, 11) is -3.19. The lowest BCUT2D eigenvalue weighted by Crippen LogP contribution is -2.33. The van der Waals surface area contributed by atoms with Crippen molar-refractivity contribution in [3.8, 4) is 5.75 Å². The van der Waals surface area contributed by atoms with Gasteiger partial charge in [-0.15, -0.1) is 0 Å². The van der Waals surface area contributed by atoms with Crippen LogP contribution in [0.1, 0.15) is 27.2 Å². The third-order valence-electron chi connectivity index (χ3n) is 2.92. The van der Waals surface area contributed by atoms with Gasteiger partial charge in [0.15, 0.2) is 9.84 Å². The largest absolute Gasteiger partial charge is 0.489 e. The molecule has 1 atom stereocenters. The molecule has 114 valence electrons. The monoisotopic (exact) mass is 299 g/mol. The zero-order valence-corrected chi connectivity index (χ0v) is 13.5. The lowest BCUT2D eigenvalue weighted by Gasteiger charge is -2.19. The van der Waals surface area contributed by atoms with Gasteiger partial charge in [0.2, 0.25) is 0 Å². The number of benzene rings is 1. The number of rotatable bonds is 8. The third-order valence-corrected chi connectivity index (χ3v) is 4.03. The molecule has 0 spiro atoms. The average molecular weight is 299 g/mol. The summed E-state index contributed by atoms with van der Waals surface area (Å²) in [5, 5.41) is 3.36. The van der Waals surface area contributed by atoms with E-state index < -0.39 is 9.84 Å². The maximum Gasteiger partial charge on any atom is 0.175 e. The highest BCUT2D eigenvalue weighted by molar-refractivity contribution is 7.90. The van der Waals surface area contributed by atoms with Gasteiger partial charge in [-0.25, -0.2) is 8.42 Å². The van der Waals surface area contributed by atoms with Crippen molar-refractivity contribution in [2.24, 2.45) is 5.92 Å². The third kappa shape index (κ3) is 5.92. The summed E-state index contributed by atoms with van der Waals surface area (Å²) >= 11 is 0. The molecule has 1 rings (SSSR count). The zero-order chi connectivity index (χ0) is 15.2. The zero-order valence-electron chi connectivity index (χ0n) is 12.7. The smallest absolute Gasteiger partial charge is 0.175 e. The van der Waals surface area contributed by atoms with Crippen molar-refractivity contribution in [2.75, 3.05) is 19.3 Å². The number of nitrogens with one attached hydrogen (secondary N) is 1. The van der Waals surface area contributed by atoms with Crippen LogP contribution in [0.4, 0.5) is 0 Å². The van der Waals surface area contributed by atoms with Crippen molar-refractivity contribution < 1.29 is 13.2 Å². The first-order chi connectivity index (χ1) is 9.32. The average Bonchev–Trinajstić information content (AvgIpc) is 2.36. The Kier molecular flexibility index (Phi) is 6.49. The number of ether oxygens (including phenoxy) is 1. The molecule has 0 aromatic heterocycles. The Hall–Kier alpha value is -1.07. The molecule has 0 aliphatic carbocycles. The van der Waals surface area contributed by atoms with Gasteiger partial charge in [0.1, 0.15) is 11.9 Å². The second-order valence-electron chi connectivity index (χ2n) is 5.45. The molecule has 0 saturated heterocycles. The van der Waals surface area contributed by atoms with E-state index in [9.17, 15) is 8.42 Å². The van der Waals surface area contributed by atoms with E-state index in [0.29, 0.717) is 16.6 Å². The molecule has 0 aliphatic rings. The molecule has 5 heteroatoms. The minimum atomic E-state index is -3.19. The Morgan fingerprint density at radius 3 is 2.50 bits per heavy atom. The summed E-state index contributed by atoms with van der Waals surface area (Å²) in [6.07, 6.45) is 2.12. The highest BCUT2D eigenvalue weighted by Gasteiger charge is 2.11.